The maximum absolute atomic E-state index is 6.48. The van der Waals surface area contributed by atoms with E-state index in [1.165, 1.54) is 54.8 Å². The molecule has 2 heterocycles. The first-order chi connectivity index (χ1) is 36.2. The highest BCUT2D eigenvalue weighted by Crippen LogP contribution is 2.45. The van der Waals surface area contributed by atoms with Crippen LogP contribution in [0.15, 0.2) is 283 Å². The van der Waals surface area contributed by atoms with E-state index in [1.54, 1.807) is 0 Å². The monoisotopic (exact) mass is 930 g/mol. The minimum atomic E-state index is 0.879. The molecule has 14 rings (SSSR count). The molecule has 342 valence electrons. The highest BCUT2D eigenvalue weighted by atomic mass is 16.3. The van der Waals surface area contributed by atoms with E-state index in [-0.39, 0.29) is 0 Å². The highest BCUT2D eigenvalue weighted by Gasteiger charge is 2.20. The molecule has 0 aliphatic heterocycles. The van der Waals surface area contributed by atoms with Gasteiger partial charge >= 0.3 is 0 Å². The molecular weight excluding hydrogens is 885 g/mol. The number of anilines is 3. The highest BCUT2D eigenvalue weighted by molar-refractivity contribution is 6.12. The van der Waals surface area contributed by atoms with Gasteiger partial charge < -0.3 is 13.9 Å². The van der Waals surface area contributed by atoms with Crippen molar-refractivity contribution in [1.82, 2.24) is 4.57 Å². The van der Waals surface area contributed by atoms with Crippen molar-refractivity contribution in [2.24, 2.45) is 0 Å². The lowest BCUT2D eigenvalue weighted by Gasteiger charge is -2.28. The summed E-state index contributed by atoms with van der Waals surface area (Å²) in [6, 6.07) is 101. The zero-order valence-electron chi connectivity index (χ0n) is 39.9. The lowest BCUT2D eigenvalue weighted by Crippen LogP contribution is -2.11. The van der Waals surface area contributed by atoms with Crippen LogP contribution in [0.1, 0.15) is 0 Å². The fraction of sp³-hybridized carbons (Fsp3) is 0. The Bertz CT molecular complexity index is 4300. The van der Waals surface area contributed by atoms with E-state index in [0.29, 0.717) is 0 Å². The zero-order valence-corrected chi connectivity index (χ0v) is 39.9. The topological polar surface area (TPSA) is 21.3 Å². The van der Waals surface area contributed by atoms with Gasteiger partial charge in [-0.3, -0.25) is 0 Å². The summed E-state index contributed by atoms with van der Waals surface area (Å²) in [5.74, 6) is 0. The number of rotatable bonds is 9. The van der Waals surface area contributed by atoms with Crippen LogP contribution in [0.4, 0.5) is 17.1 Å². The Morgan fingerprint density at radius 2 is 0.795 bits per heavy atom. The Morgan fingerprint density at radius 1 is 0.274 bits per heavy atom. The van der Waals surface area contributed by atoms with Crippen LogP contribution < -0.4 is 4.90 Å². The average Bonchev–Trinajstić information content (AvgIpc) is 4.00. The van der Waals surface area contributed by atoms with Crippen molar-refractivity contribution in [1.29, 1.82) is 0 Å². The predicted octanol–water partition coefficient (Wildman–Crippen LogP) is 19.6. The second kappa shape index (κ2) is 17.6. The van der Waals surface area contributed by atoms with Gasteiger partial charge in [-0.2, -0.15) is 0 Å². The fourth-order valence-corrected chi connectivity index (χ4v) is 11.1. The molecule has 0 saturated heterocycles. The van der Waals surface area contributed by atoms with Gasteiger partial charge in [-0.1, -0.05) is 194 Å². The largest absolute Gasteiger partial charge is 0.456 e. The maximum Gasteiger partial charge on any atom is 0.136 e. The van der Waals surface area contributed by atoms with E-state index in [1.807, 2.05) is 0 Å². The van der Waals surface area contributed by atoms with Crippen molar-refractivity contribution in [3.05, 3.63) is 279 Å². The quantitative estimate of drug-likeness (QED) is 0.144. The Balaban J connectivity index is 0.882. The lowest BCUT2D eigenvalue weighted by molar-refractivity contribution is 0.669. The van der Waals surface area contributed by atoms with Gasteiger partial charge in [0.1, 0.15) is 11.2 Å². The van der Waals surface area contributed by atoms with Crippen molar-refractivity contribution < 1.29 is 4.42 Å². The summed E-state index contributed by atoms with van der Waals surface area (Å²) in [6.07, 6.45) is 0. The Kier molecular flexibility index (Phi) is 10.2. The van der Waals surface area contributed by atoms with Gasteiger partial charge in [0.25, 0.3) is 0 Å². The van der Waals surface area contributed by atoms with Crippen LogP contribution in [0, 0.1) is 0 Å². The fourth-order valence-electron chi connectivity index (χ4n) is 11.1. The standard InChI is InChI=1S/C70H46N2O/c1-3-16-49(17-4-1)59-40-34-54(43-63(59)50-18-5-2-6-19-50)48-32-38-57(39-33-48)71(66-27-12-9-24-60(66)55-35-41-69-64(45-55)65-44-52-20-7-8-21-53(52)46-70(65)73-69)56-36-30-47(31-37-56)51-22-15-23-58(42-51)72-67-28-13-10-25-61(67)62-26-11-14-29-68(62)72/h1-46H. The molecule has 0 amide bonds. The third kappa shape index (κ3) is 7.46. The lowest BCUT2D eigenvalue weighted by atomic mass is 9.91. The number of furan rings is 1. The average molecular weight is 931 g/mol. The van der Waals surface area contributed by atoms with Gasteiger partial charge in [0.05, 0.1) is 16.7 Å². The van der Waals surface area contributed by atoms with Crippen molar-refractivity contribution in [3.8, 4) is 61.3 Å². The molecule has 0 N–H and O–H groups in total. The smallest absolute Gasteiger partial charge is 0.136 e. The van der Waals surface area contributed by atoms with E-state index >= 15 is 0 Å². The molecule has 0 bridgehead atoms. The van der Waals surface area contributed by atoms with Crippen LogP contribution in [0.25, 0.3) is 116 Å². The van der Waals surface area contributed by atoms with Crippen molar-refractivity contribution in [3.63, 3.8) is 0 Å². The first-order valence-electron chi connectivity index (χ1n) is 25.0. The summed E-state index contributed by atoms with van der Waals surface area (Å²) in [5.41, 5.74) is 20.2. The second-order valence-corrected chi connectivity index (χ2v) is 18.9. The van der Waals surface area contributed by atoms with Crippen molar-refractivity contribution in [2.75, 3.05) is 4.90 Å². The summed E-state index contributed by atoms with van der Waals surface area (Å²) >= 11 is 0. The molecule has 0 radical (unpaired) electrons. The Morgan fingerprint density at radius 3 is 1.48 bits per heavy atom. The van der Waals surface area contributed by atoms with Gasteiger partial charge in [0, 0.05) is 44.2 Å². The van der Waals surface area contributed by atoms with Crippen LogP contribution in [-0.2, 0) is 0 Å². The molecule has 0 unspecified atom stereocenters. The molecule has 73 heavy (non-hydrogen) atoms. The molecule has 12 aromatic carbocycles. The van der Waals surface area contributed by atoms with Gasteiger partial charge in [-0.15, -0.1) is 0 Å². The van der Waals surface area contributed by atoms with Crippen LogP contribution in [0.2, 0.25) is 0 Å². The SMILES string of the molecule is c1ccc(-c2ccc(-c3ccc(N(c4ccc(-c5cccc(-n6c7ccccc7c7ccccc76)c5)cc4)c4ccccc4-c4ccc5oc6cc7ccccc7cc6c5c4)cc3)cc2-c2ccccc2)cc1. The second-order valence-electron chi connectivity index (χ2n) is 18.9. The molecule has 2 aromatic heterocycles. The van der Waals surface area contributed by atoms with E-state index in [2.05, 4.69) is 289 Å². The number of nitrogens with zero attached hydrogens (tertiary/aromatic N) is 2. The number of hydrogen-bond acceptors (Lipinski definition) is 2. The molecule has 3 nitrogen and oxygen atoms in total. The molecule has 3 heteroatoms. The zero-order chi connectivity index (χ0) is 48.2. The van der Waals surface area contributed by atoms with E-state index in [4.69, 9.17) is 4.42 Å². The van der Waals surface area contributed by atoms with Gasteiger partial charge in [0.15, 0.2) is 0 Å². The minimum absolute atomic E-state index is 0.879. The minimum Gasteiger partial charge on any atom is -0.456 e. The molecule has 0 saturated carbocycles. The number of fused-ring (bicyclic) bond motifs is 7. The van der Waals surface area contributed by atoms with Gasteiger partial charge in [-0.25, -0.2) is 0 Å². The summed E-state index contributed by atoms with van der Waals surface area (Å²) < 4.78 is 8.86. The number of para-hydroxylation sites is 3. The Labute approximate surface area is 423 Å². The number of benzene rings is 12. The molecule has 0 spiro atoms. The van der Waals surface area contributed by atoms with Crippen LogP contribution in [0.5, 0.6) is 0 Å². The maximum atomic E-state index is 6.48. The third-order valence-electron chi connectivity index (χ3n) is 14.6. The van der Waals surface area contributed by atoms with Crippen LogP contribution in [0.3, 0.4) is 0 Å². The molecule has 0 atom stereocenters. The van der Waals surface area contributed by atoms with E-state index in [0.717, 1.165) is 78.1 Å². The van der Waals surface area contributed by atoms with Crippen molar-refractivity contribution >= 4 is 71.6 Å². The predicted molar refractivity (Wildman–Crippen MR) is 307 cm³/mol. The first kappa shape index (κ1) is 42.2. The molecular formula is C70H46N2O. The van der Waals surface area contributed by atoms with Gasteiger partial charge in [-0.05, 0) is 146 Å². The van der Waals surface area contributed by atoms with Gasteiger partial charge in [0.2, 0.25) is 0 Å². The summed E-state index contributed by atoms with van der Waals surface area (Å²) in [5, 5.41) is 7.10. The molecule has 0 aliphatic carbocycles. The van der Waals surface area contributed by atoms with Crippen LogP contribution >= 0.6 is 0 Å². The number of hydrogen-bond donors (Lipinski definition) is 0. The summed E-state index contributed by atoms with van der Waals surface area (Å²) in [4.78, 5) is 2.40. The summed E-state index contributed by atoms with van der Waals surface area (Å²) in [7, 11) is 0. The summed E-state index contributed by atoms with van der Waals surface area (Å²) in [6.45, 7) is 0. The third-order valence-corrected chi connectivity index (χ3v) is 14.6. The van der Waals surface area contributed by atoms with E-state index in [9.17, 15) is 0 Å². The molecule has 0 fully saturated rings. The first-order valence-corrected chi connectivity index (χ1v) is 25.0. The molecule has 14 aromatic rings. The van der Waals surface area contributed by atoms with Crippen LogP contribution in [-0.4, -0.2) is 4.57 Å². The normalized spacial score (nSPS) is 11.6. The number of aromatic nitrogens is 1. The van der Waals surface area contributed by atoms with Crippen molar-refractivity contribution in [2.45, 2.75) is 0 Å². The Hall–Kier alpha value is -9.70. The van der Waals surface area contributed by atoms with E-state index < -0.39 is 0 Å². The molecule has 0 aliphatic rings.